The Labute approximate surface area is 134 Å². The van der Waals surface area contributed by atoms with Gasteiger partial charge in [0.05, 0.1) is 6.10 Å². The molecule has 0 aromatic carbocycles. The number of rotatable bonds is 16. The van der Waals surface area contributed by atoms with Gasteiger partial charge in [0.25, 0.3) is 0 Å². The van der Waals surface area contributed by atoms with Crippen LogP contribution in [0.1, 0.15) is 117 Å². The van der Waals surface area contributed by atoms with E-state index in [4.69, 9.17) is 0 Å². The number of aliphatic hydroxyl groups excluding tert-OH is 1. The van der Waals surface area contributed by atoms with E-state index in [-0.39, 0.29) is 6.10 Å². The highest BCUT2D eigenvalue weighted by Crippen LogP contribution is 2.22. The normalized spacial score (nSPS) is 14.3. The highest BCUT2D eigenvalue weighted by Gasteiger charge is 2.16. The van der Waals surface area contributed by atoms with Crippen LogP contribution < -0.4 is 0 Å². The molecule has 1 N–H and O–H groups in total. The maximum atomic E-state index is 10.3. The first-order valence-electron chi connectivity index (χ1n) is 9.94. The molecule has 0 bridgehead atoms. The van der Waals surface area contributed by atoms with Crippen molar-refractivity contribution in [3.63, 3.8) is 0 Å². The van der Waals surface area contributed by atoms with Gasteiger partial charge in [-0.15, -0.1) is 0 Å². The van der Waals surface area contributed by atoms with Crippen LogP contribution >= 0.6 is 0 Å². The Kier molecular flexibility index (Phi) is 16.3. The zero-order chi connectivity index (χ0) is 15.8. The molecule has 0 rings (SSSR count). The van der Waals surface area contributed by atoms with Crippen molar-refractivity contribution in [3.8, 4) is 0 Å². The average molecular weight is 299 g/mol. The summed E-state index contributed by atoms with van der Waals surface area (Å²) in [6, 6.07) is 0. The van der Waals surface area contributed by atoms with Crippen molar-refractivity contribution < 1.29 is 5.11 Å². The van der Waals surface area contributed by atoms with Crippen LogP contribution in [0.3, 0.4) is 0 Å². The topological polar surface area (TPSA) is 20.2 Å². The van der Waals surface area contributed by atoms with Crippen LogP contribution in [0, 0.1) is 5.92 Å². The average Bonchev–Trinajstić information content (AvgIpc) is 2.50. The Hall–Kier alpha value is -0.0400. The molecule has 0 aliphatic heterocycles. The minimum Gasteiger partial charge on any atom is -0.393 e. The molecule has 0 aromatic heterocycles. The molecule has 0 aliphatic rings. The molecule has 0 radical (unpaired) electrons. The minimum atomic E-state index is -0.0450. The van der Waals surface area contributed by atoms with E-state index >= 15 is 0 Å². The predicted octanol–water partition coefficient (Wildman–Crippen LogP) is 6.87. The van der Waals surface area contributed by atoms with Crippen molar-refractivity contribution in [2.45, 2.75) is 123 Å². The fraction of sp³-hybridized carbons (Fsp3) is 1.00. The summed E-state index contributed by atoms with van der Waals surface area (Å²) in [7, 11) is 0. The van der Waals surface area contributed by atoms with E-state index in [9.17, 15) is 5.11 Å². The second-order valence-electron chi connectivity index (χ2n) is 6.85. The van der Waals surface area contributed by atoms with Crippen LogP contribution in [-0.4, -0.2) is 11.2 Å². The number of unbranched alkanes of at least 4 members (excludes halogenated alkanes) is 10. The second kappa shape index (κ2) is 16.3. The van der Waals surface area contributed by atoms with Crippen molar-refractivity contribution >= 4 is 0 Å². The number of hydrogen-bond acceptors (Lipinski definition) is 1. The molecule has 1 nitrogen and oxygen atoms in total. The summed E-state index contributed by atoms with van der Waals surface area (Å²) in [6.07, 6.45) is 19.6. The Bertz CT molecular complexity index is 190. The van der Waals surface area contributed by atoms with Crippen LogP contribution in [0.25, 0.3) is 0 Å². The third kappa shape index (κ3) is 13.4. The fourth-order valence-corrected chi connectivity index (χ4v) is 3.22. The molecule has 1 heteroatoms. The lowest BCUT2D eigenvalue weighted by atomic mass is 9.90. The molecule has 0 aliphatic carbocycles. The maximum absolute atomic E-state index is 10.3. The lowest BCUT2D eigenvalue weighted by Crippen LogP contribution is -2.19. The zero-order valence-corrected chi connectivity index (χ0v) is 15.2. The molecule has 2 unspecified atom stereocenters. The standard InChI is InChI=1S/C20H42O/c1-4-7-9-10-11-12-13-14-16-18-20(21)19(6-3)17-15-8-5-2/h19-21H,4-18H2,1-3H3. The van der Waals surface area contributed by atoms with Crippen molar-refractivity contribution in [2.24, 2.45) is 5.92 Å². The van der Waals surface area contributed by atoms with E-state index < -0.39 is 0 Å². The molecule has 21 heavy (non-hydrogen) atoms. The van der Waals surface area contributed by atoms with Crippen LogP contribution in [-0.2, 0) is 0 Å². The summed E-state index contributed by atoms with van der Waals surface area (Å²) in [5.41, 5.74) is 0. The van der Waals surface area contributed by atoms with E-state index in [0.29, 0.717) is 5.92 Å². The summed E-state index contributed by atoms with van der Waals surface area (Å²) >= 11 is 0. The van der Waals surface area contributed by atoms with Gasteiger partial charge in [0.15, 0.2) is 0 Å². The van der Waals surface area contributed by atoms with Gasteiger partial charge in [0.2, 0.25) is 0 Å². The van der Waals surface area contributed by atoms with E-state index in [1.165, 1.54) is 83.5 Å². The fourth-order valence-electron chi connectivity index (χ4n) is 3.22. The molecule has 0 spiro atoms. The van der Waals surface area contributed by atoms with Crippen LogP contribution in [0.5, 0.6) is 0 Å². The summed E-state index contributed by atoms with van der Waals surface area (Å²) in [4.78, 5) is 0. The molecule has 0 aromatic rings. The van der Waals surface area contributed by atoms with Gasteiger partial charge < -0.3 is 5.11 Å². The molecule has 0 amide bonds. The van der Waals surface area contributed by atoms with Gasteiger partial charge in [0.1, 0.15) is 0 Å². The van der Waals surface area contributed by atoms with Gasteiger partial charge in [-0.1, -0.05) is 104 Å². The lowest BCUT2D eigenvalue weighted by molar-refractivity contribution is 0.0873. The van der Waals surface area contributed by atoms with Gasteiger partial charge in [-0.3, -0.25) is 0 Å². The lowest BCUT2D eigenvalue weighted by Gasteiger charge is -2.21. The van der Waals surface area contributed by atoms with Gasteiger partial charge in [-0.05, 0) is 18.8 Å². The molecule has 2 atom stereocenters. The highest BCUT2D eigenvalue weighted by molar-refractivity contribution is 4.68. The van der Waals surface area contributed by atoms with Crippen molar-refractivity contribution in [2.75, 3.05) is 0 Å². The number of hydrogen-bond donors (Lipinski definition) is 1. The Balaban J connectivity index is 3.43. The Morgan fingerprint density at radius 2 is 1.00 bits per heavy atom. The SMILES string of the molecule is CCCCCCCCCCCC(O)C(CC)CCCCC. The number of aliphatic hydroxyl groups is 1. The first-order chi connectivity index (χ1) is 10.3. The summed E-state index contributed by atoms with van der Waals surface area (Å²) in [6.45, 7) is 6.76. The van der Waals surface area contributed by atoms with Crippen LogP contribution in [0.15, 0.2) is 0 Å². The van der Waals surface area contributed by atoms with E-state index in [0.717, 1.165) is 12.8 Å². The van der Waals surface area contributed by atoms with Crippen molar-refractivity contribution in [3.05, 3.63) is 0 Å². The highest BCUT2D eigenvalue weighted by atomic mass is 16.3. The van der Waals surface area contributed by atoms with E-state index in [2.05, 4.69) is 20.8 Å². The Morgan fingerprint density at radius 3 is 1.52 bits per heavy atom. The molecule has 0 heterocycles. The minimum absolute atomic E-state index is 0.0450. The summed E-state index contributed by atoms with van der Waals surface area (Å²) < 4.78 is 0. The first-order valence-corrected chi connectivity index (χ1v) is 9.94. The summed E-state index contributed by atoms with van der Waals surface area (Å²) in [5.74, 6) is 0.547. The molecule has 128 valence electrons. The predicted molar refractivity (Wildman–Crippen MR) is 95.8 cm³/mol. The van der Waals surface area contributed by atoms with E-state index in [1.54, 1.807) is 0 Å². The van der Waals surface area contributed by atoms with Gasteiger partial charge >= 0.3 is 0 Å². The summed E-state index contributed by atoms with van der Waals surface area (Å²) in [5, 5.41) is 10.3. The third-order valence-corrected chi connectivity index (χ3v) is 4.85. The van der Waals surface area contributed by atoms with Gasteiger partial charge in [-0.2, -0.15) is 0 Å². The van der Waals surface area contributed by atoms with Crippen molar-refractivity contribution in [1.82, 2.24) is 0 Å². The molecular formula is C20H42O. The molecule has 0 fully saturated rings. The Morgan fingerprint density at radius 1 is 0.571 bits per heavy atom. The van der Waals surface area contributed by atoms with Crippen LogP contribution in [0.4, 0.5) is 0 Å². The zero-order valence-electron chi connectivity index (χ0n) is 15.2. The quantitative estimate of drug-likeness (QED) is 0.308. The third-order valence-electron chi connectivity index (χ3n) is 4.85. The van der Waals surface area contributed by atoms with Crippen molar-refractivity contribution in [1.29, 1.82) is 0 Å². The van der Waals surface area contributed by atoms with Gasteiger partial charge in [-0.25, -0.2) is 0 Å². The molecule has 0 saturated carbocycles. The largest absolute Gasteiger partial charge is 0.393 e. The second-order valence-corrected chi connectivity index (χ2v) is 6.85. The van der Waals surface area contributed by atoms with E-state index in [1.807, 2.05) is 0 Å². The van der Waals surface area contributed by atoms with Crippen LogP contribution in [0.2, 0.25) is 0 Å². The maximum Gasteiger partial charge on any atom is 0.0568 e. The monoisotopic (exact) mass is 298 g/mol. The van der Waals surface area contributed by atoms with Gasteiger partial charge in [0, 0.05) is 0 Å². The first kappa shape index (κ1) is 21.0. The molecular weight excluding hydrogens is 256 g/mol. The molecule has 0 saturated heterocycles. The smallest absolute Gasteiger partial charge is 0.0568 e.